The lowest BCUT2D eigenvalue weighted by molar-refractivity contribution is 0.0499. The molecule has 1 saturated heterocycles. The molecule has 0 aromatic heterocycles. The highest BCUT2D eigenvalue weighted by Crippen LogP contribution is 2.29. The Morgan fingerprint density at radius 1 is 1.27 bits per heavy atom. The van der Waals surface area contributed by atoms with Gasteiger partial charge in [0.15, 0.2) is 0 Å². The van der Waals surface area contributed by atoms with E-state index in [0.29, 0.717) is 36.9 Å². The van der Waals surface area contributed by atoms with Gasteiger partial charge in [-0.2, -0.15) is 0 Å². The third kappa shape index (κ3) is 5.62. The van der Waals surface area contributed by atoms with Crippen LogP contribution in [0, 0.1) is 5.92 Å². The van der Waals surface area contributed by atoms with Crippen LogP contribution in [0.2, 0.25) is 0 Å². The zero-order chi connectivity index (χ0) is 19.3. The standard InChI is InChI=1S/C19H27BrN2O4/c1-19(2,3)26-18(24)21-12-13-8-10-22(11-9-13)17(23)16-14(20)6-5-7-15(16)25-4/h5-7,13H,8-12H2,1-4H3,(H,21,24). The second-order valence-electron chi connectivity index (χ2n) is 7.44. The summed E-state index contributed by atoms with van der Waals surface area (Å²) in [6, 6.07) is 5.47. The highest BCUT2D eigenvalue weighted by atomic mass is 79.9. The van der Waals surface area contributed by atoms with Gasteiger partial charge in [-0.1, -0.05) is 6.07 Å². The number of methoxy groups -OCH3 is 1. The van der Waals surface area contributed by atoms with Crippen molar-refractivity contribution in [3.63, 3.8) is 0 Å². The summed E-state index contributed by atoms with van der Waals surface area (Å²) in [6.45, 7) is 7.40. The summed E-state index contributed by atoms with van der Waals surface area (Å²) in [7, 11) is 1.56. The van der Waals surface area contributed by atoms with Gasteiger partial charge in [0, 0.05) is 24.1 Å². The number of amides is 2. The number of alkyl carbamates (subject to hydrolysis) is 1. The molecule has 1 aliphatic heterocycles. The molecule has 0 saturated carbocycles. The molecule has 1 N–H and O–H groups in total. The summed E-state index contributed by atoms with van der Waals surface area (Å²) < 4.78 is 11.3. The van der Waals surface area contributed by atoms with Crippen LogP contribution in [0.25, 0.3) is 0 Å². The molecule has 0 aliphatic carbocycles. The Morgan fingerprint density at radius 2 is 1.92 bits per heavy atom. The fourth-order valence-corrected chi connectivity index (χ4v) is 3.44. The zero-order valence-corrected chi connectivity index (χ0v) is 17.4. The molecule has 26 heavy (non-hydrogen) atoms. The third-order valence-electron chi connectivity index (χ3n) is 4.24. The molecule has 1 fully saturated rings. The maximum atomic E-state index is 12.9. The van der Waals surface area contributed by atoms with Crippen molar-refractivity contribution in [3.05, 3.63) is 28.2 Å². The highest BCUT2D eigenvalue weighted by Gasteiger charge is 2.27. The Labute approximate surface area is 163 Å². The van der Waals surface area contributed by atoms with Crippen molar-refractivity contribution in [2.45, 2.75) is 39.2 Å². The number of carbonyl (C=O) groups excluding carboxylic acids is 2. The van der Waals surface area contributed by atoms with Crippen molar-refractivity contribution < 1.29 is 19.1 Å². The summed E-state index contributed by atoms with van der Waals surface area (Å²) in [5, 5.41) is 2.82. The van der Waals surface area contributed by atoms with Gasteiger partial charge in [-0.15, -0.1) is 0 Å². The Kier molecular flexibility index (Phi) is 6.92. The van der Waals surface area contributed by atoms with Crippen molar-refractivity contribution in [1.82, 2.24) is 10.2 Å². The fourth-order valence-electron chi connectivity index (χ4n) is 2.92. The fraction of sp³-hybridized carbons (Fsp3) is 0.579. The lowest BCUT2D eigenvalue weighted by Gasteiger charge is -2.32. The van der Waals surface area contributed by atoms with Crippen LogP contribution in [0.5, 0.6) is 5.75 Å². The minimum Gasteiger partial charge on any atom is -0.496 e. The van der Waals surface area contributed by atoms with E-state index in [2.05, 4.69) is 21.2 Å². The van der Waals surface area contributed by atoms with E-state index in [0.717, 1.165) is 17.3 Å². The first-order valence-corrected chi connectivity index (χ1v) is 9.59. The number of likely N-dealkylation sites (tertiary alicyclic amines) is 1. The molecular weight excluding hydrogens is 400 g/mol. The second kappa shape index (κ2) is 8.75. The lowest BCUT2D eigenvalue weighted by Crippen LogP contribution is -2.42. The van der Waals surface area contributed by atoms with Gasteiger partial charge in [0.25, 0.3) is 5.91 Å². The van der Waals surface area contributed by atoms with Crippen LogP contribution in [0.4, 0.5) is 4.79 Å². The SMILES string of the molecule is COc1cccc(Br)c1C(=O)N1CCC(CNC(=O)OC(C)(C)C)CC1. The third-order valence-corrected chi connectivity index (χ3v) is 4.91. The number of rotatable bonds is 4. The van der Waals surface area contributed by atoms with Crippen molar-refractivity contribution >= 4 is 27.9 Å². The first-order valence-electron chi connectivity index (χ1n) is 8.80. The average molecular weight is 427 g/mol. The molecule has 0 radical (unpaired) electrons. The molecule has 1 aliphatic rings. The number of hydrogen-bond acceptors (Lipinski definition) is 4. The Hall–Kier alpha value is -1.76. The molecule has 0 atom stereocenters. The van der Waals surface area contributed by atoms with Gasteiger partial charge in [-0.25, -0.2) is 4.79 Å². The molecule has 1 heterocycles. The van der Waals surface area contributed by atoms with E-state index in [1.165, 1.54) is 0 Å². The number of ether oxygens (including phenoxy) is 2. The van der Waals surface area contributed by atoms with E-state index in [-0.39, 0.29) is 5.91 Å². The van der Waals surface area contributed by atoms with Crippen LogP contribution >= 0.6 is 15.9 Å². The quantitative estimate of drug-likeness (QED) is 0.793. The minimum absolute atomic E-state index is 0.0344. The molecule has 0 spiro atoms. The molecule has 7 heteroatoms. The van der Waals surface area contributed by atoms with Crippen molar-refractivity contribution in [3.8, 4) is 5.75 Å². The highest BCUT2D eigenvalue weighted by molar-refractivity contribution is 9.10. The number of benzene rings is 1. The van der Waals surface area contributed by atoms with Gasteiger partial charge in [-0.3, -0.25) is 4.79 Å². The molecule has 0 bridgehead atoms. The Balaban J connectivity index is 1.87. The largest absolute Gasteiger partial charge is 0.496 e. The number of piperidine rings is 1. The summed E-state index contributed by atoms with van der Waals surface area (Å²) in [6.07, 6.45) is 1.29. The molecule has 2 amide bonds. The van der Waals surface area contributed by atoms with Crippen molar-refractivity contribution in [1.29, 1.82) is 0 Å². The molecular formula is C19H27BrN2O4. The van der Waals surface area contributed by atoms with Crippen molar-refractivity contribution in [2.75, 3.05) is 26.7 Å². The molecule has 2 rings (SSSR count). The first-order chi connectivity index (χ1) is 12.2. The van der Waals surface area contributed by atoms with E-state index >= 15 is 0 Å². The number of hydrogen-bond donors (Lipinski definition) is 1. The van der Waals surface area contributed by atoms with Crippen LogP contribution < -0.4 is 10.1 Å². The van der Waals surface area contributed by atoms with E-state index < -0.39 is 11.7 Å². The monoisotopic (exact) mass is 426 g/mol. The van der Waals surface area contributed by atoms with E-state index in [9.17, 15) is 9.59 Å². The number of nitrogens with zero attached hydrogens (tertiary/aromatic N) is 1. The number of halogens is 1. The topological polar surface area (TPSA) is 67.9 Å². The average Bonchev–Trinajstić information content (AvgIpc) is 2.58. The Bertz CT molecular complexity index is 649. The van der Waals surface area contributed by atoms with E-state index in [1.54, 1.807) is 13.2 Å². The molecule has 144 valence electrons. The minimum atomic E-state index is -0.498. The van der Waals surface area contributed by atoms with Gasteiger partial charge in [0.05, 0.1) is 12.7 Å². The lowest BCUT2D eigenvalue weighted by atomic mass is 9.96. The smallest absolute Gasteiger partial charge is 0.407 e. The summed E-state index contributed by atoms with van der Waals surface area (Å²) >= 11 is 3.44. The number of nitrogens with one attached hydrogen (secondary N) is 1. The molecule has 1 aromatic carbocycles. The van der Waals surface area contributed by atoms with Crippen LogP contribution in [0.15, 0.2) is 22.7 Å². The summed E-state index contributed by atoms with van der Waals surface area (Å²) in [4.78, 5) is 26.4. The maximum Gasteiger partial charge on any atom is 0.407 e. The van der Waals surface area contributed by atoms with Gasteiger partial charge in [0.1, 0.15) is 11.4 Å². The van der Waals surface area contributed by atoms with Gasteiger partial charge in [0.2, 0.25) is 0 Å². The normalized spacial score (nSPS) is 15.5. The molecule has 0 unspecified atom stereocenters. The first kappa shape index (κ1) is 20.6. The van der Waals surface area contributed by atoms with Crippen LogP contribution in [0.1, 0.15) is 44.0 Å². The van der Waals surface area contributed by atoms with E-state index in [4.69, 9.17) is 9.47 Å². The van der Waals surface area contributed by atoms with Crippen LogP contribution in [-0.2, 0) is 4.74 Å². The van der Waals surface area contributed by atoms with Gasteiger partial charge >= 0.3 is 6.09 Å². The maximum absolute atomic E-state index is 12.9. The Morgan fingerprint density at radius 3 is 2.50 bits per heavy atom. The number of carbonyl (C=O) groups is 2. The van der Waals surface area contributed by atoms with Gasteiger partial charge in [-0.05, 0) is 67.6 Å². The van der Waals surface area contributed by atoms with Crippen LogP contribution in [0.3, 0.4) is 0 Å². The second-order valence-corrected chi connectivity index (χ2v) is 8.29. The summed E-state index contributed by atoms with van der Waals surface area (Å²) in [5.74, 6) is 0.874. The predicted octanol–water partition coefficient (Wildman–Crippen LogP) is 3.83. The van der Waals surface area contributed by atoms with Crippen LogP contribution in [-0.4, -0.2) is 49.2 Å². The van der Waals surface area contributed by atoms with E-state index in [1.807, 2.05) is 37.8 Å². The van der Waals surface area contributed by atoms with Gasteiger partial charge < -0.3 is 19.7 Å². The summed E-state index contributed by atoms with van der Waals surface area (Å²) in [5.41, 5.74) is 0.0578. The molecule has 6 nitrogen and oxygen atoms in total. The predicted molar refractivity (Wildman–Crippen MR) is 104 cm³/mol. The zero-order valence-electron chi connectivity index (χ0n) is 15.8. The van der Waals surface area contributed by atoms with Crippen molar-refractivity contribution in [2.24, 2.45) is 5.92 Å². The molecule has 1 aromatic rings.